The third kappa shape index (κ3) is 3.17. The van der Waals surface area contributed by atoms with Gasteiger partial charge in [0, 0.05) is 18.5 Å². The predicted molar refractivity (Wildman–Crippen MR) is 126 cm³/mol. The Hall–Kier alpha value is -2.36. The van der Waals surface area contributed by atoms with Gasteiger partial charge in [0.05, 0.1) is 5.56 Å². The number of hydrogen-bond acceptors (Lipinski definition) is 2. The van der Waals surface area contributed by atoms with Gasteiger partial charge in [-0.1, -0.05) is 44.2 Å². The quantitative estimate of drug-likeness (QED) is 0.670. The zero-order valence-electron chi connectivity index (χ0n) is 19.5. The van der Waals surface area contributed by atoms with Gasteiger partial charge >= 0.3 is 5.97 Å². The fourth-order valence-corrected chi connectivity index (χ4v) is 8.06. The van der Waals surface area contributed by atoms with Gasteiger partial charge in [-0.15, -0.1) is 0 Å². The molecule has 1 heterocycles. The smallest absolute Gasteiger partial charge is 0.335 e. The number of benzene rings is 1. The highest BCUT2D eigenvalue weighted by molar-refractivity contribution is 5.89. The van der Waals surface area contributed by atoms with Crippen LogP contribution in [0.15, 0.2) is 42.5 Å². The topological polar surface area (TPSA) is 57.6 Å². The molecule has 4 aliphatic rings. The maximum atomic E-state index is 12.3. The van der Waals surface area contributed by atoms with E-state index in [1.54, 1.807) is 12.1 Å². The van der Waals surface area contributed by atoms with Crippen LogP contribution >= 0.6 is 0 Å². The van der Waals surface area contributed by atoms with Crippen LogP contribution in [0.25, 0.3) is 6.08 Å². The molecule has 0 bridgehead atoms. The third-order valence-electron chi connectivity index (χ3n) is 9.88. The zero-order chi connectivity index (χ0) is 22.7. The van der Waals surface area contributed by atoms with Crippen LogP contribution in [0.3, 0.4) is 0 Å². The van der Waals surface area contributed by atoms with Gasteiger partial charge in [-0.3, -0.25) is 4.79 Å². The number of carboxylic acid groups (broad SMARTS) is 1. The van der Waals surface area contributed by atoms with Gasteiger partial charge in [0.15, 0.2) is 0 Å². The summed E-state index contributed by atoms with van der Waals surface area (Å²) in [7, 11) is 1.99. The lowest BCUT2D eigenvalue weighted by molar-refractivity contribution is -0.138. The number of hydrogen-bond donors (Lipinski definition) is 1. The molecule has 4 heteroatoms. The molecular weight excluding hydrogens is 398 g/mol. The van der Waals surface area contributed by atoms with E-state index in [-0.39, 0.29) is 11.3 Å². The number of carbonyl (C=O) groups is 2. The number of amides is 1. The van der Waals surface area contributed by atoms with E-state index in [4.69, 9.17) is 5.11 Å². The first-order valence-electron chi connectivity index (χ1n) is 12.2. The molecule has 0 aromatic heterocycles. The van der Waals surface area contributed by atoms with Gasteiger partial charge in [0.1, 0.15) is 0 Å². The minimum Gasteiger partial charge on any atom is -0.478 e. The average Bonchev–Trinajstić information content (AvgIpc) is 3.12. The summed E-state index contributed by atoms with van der Waals surface area (Å²) in [5.74, 6) is 2.01. The highest BCUT2D eigenvalue weighted by Gasteiger charge is 2.59. The molecule has 1 amide bonds. The normalized spacial score (nSPS) is 40.8. The molecule has 32 heavy (non-hydrogen) atoms. The molecule has 1 aromatic carbocycles. The van der Waals surface area contributed by atoms with Gasteiger partial charge in [0.25, 0.3) is 0 Å². The Morgan fingerprint density at radius 2 is 1.81 bits per heavy atom. The molecule has 1 N–H and O–H groups in total. The van der Waals surface area contributed by atoms with Crippen LogP contribution < -0.4 is 0 Å². The van der Waals surface area contributed by atoms with E-state index in [1.165, 1.54) is 32.1 Å². The summed E-state index contributed by atoms with van der Waals surface area (Å²) >= 11 is 0. The van der Waals surface area contributed by atoms with E-state index in [9.17, 15) is 9.59 Å². The lowest BCUT2D eigenvalue weighted by Gasteiger charge is -2.60. The summed E-state index contributed by atoms with van der Waals surface area (Å²) in [5.41, 5.74) is 1.85. The van der Waals surface area contributed by atoms with Crippen molar-refractivity contribution >= 4 is 18.0 Å². The van der Waals surface area contributed by atoms with Gasteiger partial charge in [-0.25, -0.2) is 4.79 Å². The summed E-state index contributed by atoms with van der Waals surface area (Å²) in [6.45, 7) is 4.92. The fourth-order valence-electron chi connectivity index (χ4n) is 8.06. The van der Waals surface area contributed by atoms with Crippen LogP contribution in [-0.4, -0.2) is 35.0 Å². The summed E-state index contributed by atoms with van der Waals surface area (Å²) in [5, 5.41) is 9.11. The number of aromatic carboxylic acids is 1. The first-order valence-corrected chi connectivity index (χ1v) is 12.2. The molecule has 3 aliphatic carbocycles. The number of carboxylic acids is 1. The highest BCUT2D eigenvalue weighted by Crippen LogP contribution is 2.65. The lowest BCUT2D eigenvalue weighted by Crippen LogP contribution is -2.59. The molecule has 0 spiro atoms. The minimum atomic E-state index is -0.879. The van der Waals surface area contributed by atoms with Crippen LogP contribution in [0.4, 0.5) is 0 Å². The standard InChI is InChI=1S/C28H35NO3/c1-27-16-14-23-21(11-13-24-28(23,2)17-15-25(30)29(24)3)22(27)12-10-20(27)9-6-18-4-7-19(8-5-18)26(31)32/h4-9,15,17,20-24H,10-14,16H2,1-3H3,(H,31,32)/b9-6+/t20-,21-,22-,23-,24+,27+,28+/m0/s1. The van der Waals surface area contributed by atoms with Gasteiger partial charge in [-0.2, -0.15) is 0 Å². The van der Waals surface area contributed by atoms with Crippen molar-refractivity contribution in [1.82, 2.24) is 4.90 Å². The molecule has 1 aromatic rings. The first-order chi connectivity index (χ1) is 15.2. The second-order valence-corrected chi connectivity index (χ2v) is 11.1. The van der Waals surface area contributed by atoms with Crippen molar-refractivity contribution in [3.63, 3.8) is 0 Å². The number of allylic oxidation sites excluding steroid dienone is 1. The van der Waals surface area contributed by atoms with Crippen molar-refractivity contribution in [1.29, 1.82) is 0 Å². The van der Waals surface area contributed by atoms with Gasteiger partial charge in [0.2, 0.25) is 5.91 Å². The number of fused-ring (bicyclic) bond motifs is 5. The van der Waals surface area contributed by atoms with Crippen LogP contribution in [0.2, 0.25) is 0 Å². The maximum absolute atomic E-state index is 12.3. The molecule has 170 valence electrons. The monoisotopic (exact) mass is 433 g/mol. The molecule has 7 atom stereocenters. The van der Waals surface area contributed by atoms with E-state index in [1.807, 2.05) is 30.2 Å². The summed E-state index contributed by atoms with van der Waals surface area (Å²) in [4.78, 5) is 25.4. The zero-order valence-corrected chi connectivity index (χ0v) is 19.5. The van der Waals surface area contributed by atoms with Crippen LogP contribution in [-0.2, 0) is 4.79 Å². The Morgan fingerprint density at radius 1 is 1.06 bits per heavy atom. The van der Waals surface area contributed by atoms with Crippen LogP contribution in [0.1, 0.15) is 68.3 Å². The largest absolute Gasteiger partial charge is 0.478 e. The molecule has 3 saturated carbocycles. The molecular formula is C28H35NO3. The minimum absolute atomic E-state index is 0.104. The van der Waals surface area contributed by atoms with E-state index in [0.717, 1.165) is 23.8 Å². The van der Waals surface area contributed by atoms with Crippen molar-refractivity contribution in [2.24, 2.45) is 34.5 Å². The Morgan fingerprint density at radius 3 is 2.53 bits per heavy atom. The van der Waals surface area contributed by atoms with Crippen molar-refractivity contribution in [2.75, 3.05) is 7.05 Å². The van der Waals surface area contributed by atoms with Crippen LogP contribution in [0.5, 0.6) is 0 Å². The molecule has 5 rings (SSSR count). The van der Waals surface area contributed by atoms with E-state index in [0.29, 0.717) is 28.9 Å². The number of nitrogens with zero attached hydrogens (tertiary/aromatic N) is 1. The predicted octanol–water partition coefficient (Wildman–Crippen LogP) is 5.65. The number of carbonyl (C=O) groups excluding carboxylic acids is 1. The molecule has 0 radical (unpaired) electrons. The number of rotatable bonds is 3. The second kappa shape index (κ2) is 7.60. The Labute approximate surface area is 191 Å². The summed E-state index contributed by atoms with van der Waals surface area (Å²) in [6, 6.07) is 7.52. The van der Waals surface area contributed by atoms with Crippen molar-refractivity contribution in [2.45, 2.75) is 58.4 Å². The van der Waals surface area contributed by atoms with Gasteiger partial charge < -0.3 is 10.0 Å². The molecule has 0 saturated heterocycles. The van der Waals surface area contributed by atoms with Crippen LogP contribution in [0, 0.1) is 34.5 Å². The SMILES string of the molecule is CN1C(=O)C=C[C@]2(C)[C@H]3CC[C@]4(C)[C@@H](/C=C/c5ccc(C(=O)O)cc5)CC[C@H]4[C@@H]3CC[C@@H]12. The van der Waals surface area contributed by atoms with Crippen molar-refractivity contribution in [3.8, 4) is 0 Å². The maximum Gasteiger partial charge on any atom is 0.335 e. The Bertz CT molecular complexity index is 979. The lowest BCUT2D eigenvalue weighted by atomic mass is 9.47. The highest BCUT2D eigenvalue weighted by atomic mass is 16.4. The third-order valence-corrected chi connectivity index (χ3v) is 9.88. The fraction of sp³-hybridized carbons (Fsp3) is 0.571. The van der Waals surface area contributed by atoms with E-state index in [2.05, 4.69) is 32.1 Å². The summed E-state index contributed by atoms with van der Waals surface area (Å²) in [6.07, 6.45) is 16.1. The molecule has 1 aliphatic heterocycles. The van der Waals surface area contributed by atoms with E-state index < -0.39 is 5.97 Å². The van der Waals surface area contributed by atoms with Crippen molar-refractivity contribution < 1.29 is 14.7 Å². The Kier molecular flexibility index (Phi) is 5.11. The first kappa shape index (κ1) is 21.5. The summed E-state index contributed by atoms with van der Waals surface area (Å²) < 4.78 is 0. The van der Waals surface area contributed by atoms with E-state index >= 15 is 0 Å². The number of likely N-dealkylation sites (N-methyl/N-ethyl adjacent to an activating group) is 1. The molecule has 4 nitrogen and oxygen atoms in total. The second-order valence-electron chi connectivity index (χ2n) is 11.1. The van der Waals surface area contributed by atoms with Crippen molar-refractivity contribution in [3.05, 3.63) is 53.6 Å². The van der Waals surface area contributed by atoms with Gasteiger partial charge in [-0.05, 0) is 91.4 Å². The molecule has 3 fully saturated rings. The molecule has 0 unspecified atom stereocenters. The Balaban J connectivity index is 1.35. The average molecular weight is 434 g/mol.